The number of carboxylic acids is 1. The van der Waals surface area contributed by atoms with E-state index in [0.29, 0.717) is 41.3 Å². The zero-order valence-corrected chi connectivity index (χ0v) is 22.8. The van der Waals surface area contributed by atoms with E-state index in [1.807, 2.05) is 55.1 Å². The molecular formula is C29H27ClN6O4. The van der Waals surface area contributed by atoms with Crippen molar-refractivity contribution < 1.29 is 19.7 Å². The molecule has 11 heteroatoms. The third-order valence-electron chi connectivity index (χ3n) is 7.03. The summed E-state index contributed by atoms with van der Waals surface area (Å²) >= 11 is 5.93. The zero-order valence-electron chi connectivity index (χ0n) is 22.1. The number of aryl methyl sites for hydroxylation is 1. The first-order valence-electron chi connectivity index (χ1n) is 12.7. The van der Waals surface area contributed by atoms with E-state index in [9.17, 15) is 20.3 Å². The number of halogens is 1. The van der Waals surface area contributed by atoms with Gasteiger partial charge in [-0.2, -0.15) is 5.26 Å². The summed E-state index contributed by atoms with van der Waals surface area (Å²) in [6.45, 7) is 4.26. The normalized spacial score (nSPS) is 17.4. The van der Waals surface area contributed by atoms with Gasteiger partial charge in [-0.05, 0) is 50.1 Å². The Kier molecular flexibility index (Phi) is 7.43. The Labute approximate surface area is 235 Å². The molecule has 2 unspecified atom stereocenters. The van der Waals surface area contributed by atoms with Crippen LogP contribution in [0.2, 0.25) is 5.15 Å². The highest BCUT2D eigenvalue weighted by Crippen LogP contribution is 2.41. The van der Waals surface area contributed by atoms with Gasteiger partial charge in [0.1, 0.15) is 17.0 Å². The first kappa shape index (κ1) is 27.1. The molecule has 4 aromatic rings. The van der Waals surface area contributed by atoms with Crippen LogP contribution in [0.1, 0.15) is 58.3 Å². The number of para-hydroxylation sites is 1. The van der Waals surface area contributed by atoms with Gasteiger partial charge in [0, 0.05) is 17.7 Å². The lowest BCUT2D eigenvalue weighted by atomic mass is 10.0. The quantitative estimate of drug-likeness (QED) is 0.263. The number of aliphatic hydroxyl groups is 1. The van der Waals surface area contributed by atoms with Crippen LogP contribution in [0.25, 0.3) is 11.0 Å². The van der Waals surface area contributed by atoms with E-state index >= 15 is 0 Å². The van der Waals surface area contributed by atoms with Crippen molar-refractivity contribution in [3.63, 3.8) is 0 Å². The summed E-state index contributed by atoms with van der Waals surface area (Å²) < 4.78 is 5.57. The van der Waals surface area contributed by atoms with Crippen molar-refractivity contribution in [2.75, 3.05) is 23.9 Å². The van der Waals surface area contributed by atoms with Crippen molar-refractivity contribution in [2.24, 2.45) is 0 Å². The van der Waals surface area contributed by atoms with Crippen LogP contribution in [0.4, 0.5) is 11.5 Å². The molecule has 1 aliphatic rings. The van der Waals surface area contributed by atoms with Crippen LogP contribution in [0.5, 0.6) is 5.75 Å². The standard InChI is InChI=1S/C29H27ClN6O4/c1-15-12-18(16(2)32-19-8-9-24(30)34-26(19)29(38)39)25-20(13-15)33-21(14-31)28(35-25)36-11-10-22(37)27(36)17-6-4-5-7-23(17)40-3/h4-9,12-13,16,22,27,32,37H,10-11H2,1-3H3,(H,38,39)/t16-,22?,27?/m1/s1. The molecule has 0 bridgehead atoms. The minimum absolute atomic E-state index is 0.0774. The largest absolute Gasteiger partial charge is 0.496 e. The van der Waals surface area contributed by atoms with Crippen molar-refractivity contribution in [3.05, 3.63) is 81.8 Å². The van der Waals surface area contributed by atoms with Crippen LogP contribution in [-0.2, 0) is 0 Å². The monoisotopic (exact) mass is 558 g/mol. The number of ether oxygens (including phenoxy) is 1. The number of methoxy groups -OCH3 is 1. The van der Waals surface area contributed by atoms with Crippen molar-refractivity contribution in [1.82, 2.24) is 15.0 Å². The molecule has 1 aliphatic heterocycles. The van der Waals surface area contributed by atoms with Crippen molar-refractivity contribution in [2.45, 2.75) is 38.5 Å². The summed E-state index contributed by atoms with van der Waals surface area (Å²) in [4.78, 5) is 27.3. The van der Waals surface area contributed by atoms with Crippen molar-refractivity contribution in [3.8, 4) is 11.8 Å². The Morgan fingerprint density at radius 2 is 2.00 bits per heavy atom. The average Bonchev–Trinajstić information content (AvgIpc) is 3.33. The lowest BCUT2D eigenvalue weighted by Gasteiger charge is -2.29. The average molecular weight is 559 g/mol. The topological polar surface area (TPSA) is 144 Å². The molecule has 10 nitrogen and oxygen atoms in total. The van der Waals surface area contributed by atoms with Gasteiger partial charge in [-0.15, -0.1) is 0 Å². The maximum absolute atomic E-state index is 11.8. The first-order chi connectivity index (χ1) is 19.2. The molecule has 0 aliphatic carbocycles. The molecule has 2 aromatic heterocycles. The number of fused-ring (bicyclic) bond motifs is 1. The van der Waals surface area contributed by atoms with Gasteiger partial charge in [-0.25, -0.2) is 19.7 Å². The summed E-state index contributed by atoms with van der Waals surface area (Å²) in [7, 11) is 1.58. The second kappa shape index (κ2) is 11.0. The number of anilines is 2. The van der Waals surface area contributed by atoms with Gasteiger partial charge in [0.05, 0.1) is 42.0 Å². The molecule has 3 atom stereocenters. The molecule has 5 rings (SSSR count). The number of aromatic nitrogens is 3. The van der Waals surface area contributed by atoms with Gasteiger partial charge in [0.15, 0.2) is 17.2 Å². The van der Waals surface area contributed by atoms with E-state index in [1.165, 1.54) is 6.07 Å². The van der Waals surface area contributed by atoms with E-state index in [2.05, 4.69) is 21.4 Å². The van der Waals surface area contributed by atoms with E-state index < -0.39 is 24.2 Å². The van der Waals surface area contributed by atoms with Crippen LogP contribution in [0, 0.1) is 18.3 Å². The van der Waals surface area contributed by atoms with E-state index in [0.717, 1.165) is 16.7 Å². The van der Waals surface area contributed by atoms with Crippen molar-refractivity contribution in [1.29, 1.82) is 5.26 Å². The number of carbonyl (C=O) groups is 1. The lowest BCUT2D eigenvalue weighted by Crippen LogP contribution is -2.29. The maximum atomic E-state index is 11.8. The Balaban J connectivity index is 1.63. The molecule has 204 valence electrons. The van der Waals surface area contributed by atoms with Crippen LogP contribution >= 0.6 is 11.6 Å². The zero-order chi connectivity index (χ0) is 28.6. The fourth-order valence-corrected chi connectivity index (χ4v) is 5.40. The number of aromatic carboxylic acids is 1. The minimum atomic E-state index is -1.21. The SMILES string of the molecule is COc1ccccc1C1C(O)CCN1c1nc2c([C@@H](C)Nc3ccc(Cl)nc3C(=O)O)cc(C)cc2nc1C#N. The summed E-state index contributed by atoms with van der Waals surface area (Å²) in [6, 6.07) is 15.6. The number of aliphatic hydroxyl groups excluding tert-OH is 1. The highest BCUT2D eigenvalue weighted by atomic mass is 35.5. The highest BCUT2D eigenvalue weighted by Gasteiger charge is 2.38. The number of pyridine rings is 1. The second-order valence-electron chi connectivity index (χ2n) is 9.67. The van der Waals surface area contributed by atoms with Gasteiger partial charge in [-0.3, -0.25) is 0 Å². The first-order valence-corrected chi connectivity index (χ1v) is 13.1. The molecule has 3 heterocycles. The van der Waals surface area contributed by atoms with E-state index in [4.69, 9.17) is 21.3 Å². The molecule has 1 fully saturated rings. The smallest absolute Gasteiger partial charge is 0.356 e. The molecule has 0 saturated carbocycles. The second-order valence-corrected chi connectivity index (χ2v) is 10.1. The third-order valence-corrected chi connectivity index (χ3v) is 7.24. The Morgan fingerprint density at radius 3 is 2.73 bits per heavy atom. The fourth-order valence-electron chi connectivity index (χ4n) is 5.25. The molecule has 0 radical (unpaired) electrons. The van der Waals surface area contributed by atoms with Crippen LogP contribution in [0.3, 0.4) is 0 Å². The van der Waals surface area contributed by atoms with Gasteiger partial charge in [-0.1, -0.05) is 35.9 Å². The lowest BCUT2D eigenvalue weighted by molar-refractivity contribution is 0.0691. The number of hydrogen-bond donors (Lipinski definition) is 3. The predicted octanol–water partition coefficient (Wildman–Crippen LogP) is 5.05. The molecule has 0 amide bonds. The highest BCUT2D eigenvalue weighted by molar-refractivity contribution is 6.29. The number of nitrogens with one attached hydrogen (secondary N) is 1. The fraction of sp³-hybridized carbons (Fsp3) is 0.276. The van der Waals surface area contributed by atoms with E-state index in [1.54, 1.807) is 13.2 Å². The molecule has 0 spiro atoms. The molecular weight excluding hydrogens is 532 g/mol. The summed E-state index contributed by atoms with van der Waals surface area (Å²) in [6.07, 6.45) is -0.224. The molecule has 40 heavy (non-hydrogen) atoms. The number of carboxylic acid groups (broad SMARTS) is 1. The molecule has 3 N–H and O–H groups in total. The Morgan fingerprint density at radius 1 is 1.23 bits per heavy atom. The van der Waals surface area contributed by atoms with Gasteiger partial charge >= 0.3 is 5.97 Å². The van der Waals surface area contributed by atoms with Crippen molar-refractivity contribution >= 4 is 40.1 Å². The molecule has 2 aromatic carbocycles. The van der Waals surface area contributed by atoms with Gasteiger partial charge in [0.25, 0.3) is 0 Å². The summed E-state index contributed by atoms with van der Waals surface area (Å²) in [5, 5.41) is 34.0. The number of hydrogen-bond acceptors (Lipinski definition) is 9. The van der Waals surface area contributed by atoms with Gasteiger partial charge < -0.3 is 25.2 Å². The van der Waals surface area contributed by atoms with E-state index in [-0.39, 0.29) is 16.5 Å². The Bertz CT molecular complexity index is 1660. The van der Waals surface area contributed by atoms with Crippen LogP contribution in [0.15, 0.2) is 48.5 Å². The number of nitrogens with zero attached hydrogens (tertiary/aromatic N) is 5. The predicted molar refractivity (Wildman–Crippen MR) is 151 cm³/mol. The number of rotatable bonds is 7. The number of benzene rings is 2. The minimum Gasteiger partial charge on any atom is -0.496 e. The van der Waals surface area contributed by atoms with Crippen LogP contribution in [-0.4, -0.2) is 50.9 Å². The summed E-state index contributed by atoms with van der Waals surface area (Å²) in [5.41, 5.74) is 3.79. The van der Waals surface area contributed by atoms with Crippen LogP contribution < -0.4 is 15.0 Å². The molecule has 1 saturated heterocycles. The third kappa shape index (κ3) is 4.97. The summed E-state index contributed by atoms with van der Waals surface area (Å²) in [5.74, 6) is -0.216. The van der Waals surface area contributed by atoms with Gasteiger partial charge in [0.2, 0.25) is 0 Å². The maximum Gasteiger partial charge on any atom is 0.356 e. The number of nitriles is 1. The Hall–Kier alpha value is -4.46.